The topological polar surface area (TPSA) is 55.7 Å². The summed E-state index contributed by atoms with van der Waals surface area (Å²) in [7, 11) is 2.11. The van der Waals surface area contributed by atoms with Crippen molar-refractivity contribution in [3.05, 3.63) is 40.6 Å². The van der Waals surface area contributed by atoms with Crippen LogP contribution < -0.4 is 10.1 Å². The molecule has 4 aliphatic rings. The Labute approximate surface area is 240 Å². The molecule has 1 saturated heterocycles. The zero-order valence-corrected chi connectivity index (χ0v) is 25.4. The van der Waals surface area contributed by atoms with E-state index in [9.17, 15) is 4.79 Å². The van der Waals surface area contributed by atoms with Crippen LogP contribution in [0.25, 0.3) is 11.3 Å². The van der Waals surface area contributed by atoms with Crippen LogP contribution in [-0.2, 0) is 22.1 Å². The van der Waals surface area contributed by atoms with Gasteiger partial charge >= 0.3 is 0 Å². The van der Waals surface area contributed by atoms with Crippen LogP contribution >= 0.6 is 0 Å². The average molecular weight is 548 g/mol. The summed E-state index contributed by atoms with van der Waals surface area (Å²) in [4.78, 5) is 16.0. The molecule has 3 heterocycles. The summed E-state index contributed by atoms with van der Waals surface area (Å²) in [5, 5.41) is 3.25. The summed E-state index contributed by atoms with van der Waals surface area (Å²) in [5.41, 5.74) is 7.25. The first-order valence-corrected chi connectivity index (χ1v) is 15.7. The van der Waals surface area contributed by atoms with Gasteiger partial charge < -0.3 is 19.4 Å². The molecule has 1 amide bonds. The predicted octanol–water partition coefficient (Wildman–Crippen LogP) is 6.22. The molecule has 218 valence electrons. The molecule has 0 bridgehead atoms. The molecule has 6 rings (SSSR count). The Morgan fingerprint density at radius 1 is 1.07 bits per heavy atom. The molecule has 3 fully saturated rings. The number of aromatic nitrogens is 1. The second-order valence-electron chi connectivity index (χ2n) is 14.1. The van der Waals surface area contributed by atoms with Crippen molar-refractivity contribution in [3.63, 3.8) is 0 Å². The van der Waals surface area contributed by atoms with Crippen molar-refractivity contribution in [1.82, 2.24) is 14.8 Å². The first-order valence-electron chi connectivity index (χ1n) is 15.7. The zero-order valence-electron chi connectivity index (χ0n) is 25.4. The maximum Gasteiger partial charge on any atom is 0.253 e. The molecule has 6 nitrogen and oxygen atoms in total. The Morgan fingerprint density at radius 2 is 1.85 bits per heavy atom. The molecule has 40 heavy (non-hydrogen) atoms. The highest BCUT2D eigenvalue weighted by atomic mass is 16.5. The Bertz CT molecular complexity index is 1230. The van der Waals surface area contributed by atoms with Crippen molar-refractivity contribution in [3.8, 4) is 17.0 Å². The number of hydrogen-bond donors (Lipinski definition) is 1. The number of nitrogens with one attached hydrogen (secondary N) is 1. The fourth-order valence-electron chi connectivity index (χ4n) is 7.27. The van der Waals surface area contributed by atoms with Crippen LogP contribution in [0.2, 0.25) is 0 Å². The van der Waals surface area contributed by atoms with Gasteiger partial charge in [0, 0.05) is 47.6 Å². The lowest BCUT2D eigenvalue weighted by atomic mass is 9.79. The van der Waals surface area contributed by atoms with Crippen LogP contribution in [0.5, 0.6) is 5.75 Å². The first kappa shape index (κ1) is 27.8. The SMILES string of the molecule is Cc1c(C(=O)NCC2COCCN2C)cc(-c2cc(C(C)(C)C)c3c(c2)C2(CCO3)CC2)n1CC1CCCCC1. The van der Waals surface area contributed by atoms with E-state index in [0.29, 0.717) is 19.1 Å². The summed E-state index contributed by atoms with van der Waals surface area (Å²) in [5.74, 6) is 1.82. The Kier molecular flexibility index (Phi) is 7.54. The normalized spacial score (nSPS) is 23.1. The molecule has 1 aromatic heterocycles. The fraction of sp³-hybridized carbons (Fsp3) is 0.676. The van der Waals surface area contributed by atoms with Crippen molar-refractivity contribution in [2.75, 3.05) is 40.0 Å². The fourth-order valence-corrected chi connectivity index (χ4v) is 7.27. The van der Waals surface area contributed by atoms with Gasteiger partial charge in [0.05, 0.1) is 31.4 Å². The molecule has 2 aliphatic carbocycles. The number of rotatable bonds is 6. The summed E-state index contributed by atoms with van der Waals surface area (Å²) >= 11 is 0. The molecule has 1 unspecified atom stereocenters. The summed E-state index contributed by atoms with van der Waals surface area (Å²) in [6.07, 6.45) is 10.2. The zero-order chi connectivity index (χ0) is 28.1. The monoisotopic (exact) mass is 547 g/mol. The van der Waals surface area contributed by atoms with Gasteiger partial charge in [-0.2, -0.15) is 0 Å². The maximum absolute atomic E-state index is 13.7. The number of amides is 1. The number of fused-ring (bicyclic) bond motifs is 2. The molecular weight excluding hydrogens is 498 g/mol. The third-order valence-corrected chi connectivity index (χ3v) is 10.2. The van der Waals surface area contributed by atoms with Crippen molar-refractivity contribution >= 4 is 5.91 Å². The largest absolute Gasteiger partial charge is 0.493 e. The Morgan fingerprint density at radius 3 is 2.55 bits per heavy atom. The van der Waals surface area contributed by atoms with E-state index in [1.54, 1.807) is 0 Å². The quantitative estimate of drug-likeness (QED) is 0.467. The molecule has 2 aliphatic heterocycles. The van der Waals surface area contributed by atoms with Crippen molar-refractivity contribution < 1.29 is 14.3 Å². The van der Waals surface area contributed by atoms with Crippen molar-refractivity contribution in [2.24, 2.45) is 5.92 Å². The van der Waals surface area contributed by atoms with Crippen LogP contribution in [0, 0.1) is 12.8 Å². The number of likely N-dealkylation sites (N-methyl/N-ethyl adjacent to an activating group) is 1. The van der Waals surface area contributed by atoms with Gasteiger partial charge in [0.15, 0.2) is 0 Å². The van der Waals surface area contributed by atoms with Crippen molar-refractivity contribution in [2.45, 2.75) is 102 Å². The van der Waals surface area contributed by atoms with E-state index in [0.717, 1.165) is 49.7 Å². The molecule has 1 aromatic carbocycles. The second kappa shape index (κ2) is 10.8. The van der Waals surface area contributed by atoms with Gasteiger partial charge in [-0.15, -0.1) is 0 Å². The third kappa shape index (κ3) is 5.34. The van der Waals surface area contributed by atoms with Gasteiger partial charge in [0.25, 0.3) is 5.91 Å². The van der Waals surface area contributed by atoms with Crippen LogP contribution in [-0.4, -0.2) is 61.4 Å². The Balaban J connectivity index is 1.39. The number of carbonyl (C=O) groups excluding carboxylic acids is 1. The van der Waals surface area contributed by atoms with E-state index in [2.05, 4.69) is 67.7 Å². The number of carbonyl (C=O) groups is 1. The molecule has 1 atom stereocenters. The predicted molar refractivity (Wildman–Crippen MR) is 160 cm³/mol. The standard InChI is InChI=1S/C34H49N3O3/c1-23-27(32(38)35-20-26-22-39-16-14-36(26)5)19-30(37(23)21-24-9-7-6-8-10-24)25-17-28(33(2,3)4)31-29(18-25)34(11-12-34)13-15-40-31/h17-19,24,26H,6-16,20-22H2,1-5H3,(H,35,38). The smallest absolute Gasteiger partial charge is 0.253 e. The lowest BCUT2D eigenvalue weighted by molar-refractivity contribution is 0.00668. The third-order valence-electron chi connectivity index (χ3n) is 10.2. The molecule has 2 aromatic rings. The maximum atomic E-state index is 13.7. The lowest BCUT2D eigenvalue weighted by Crippen LogP contribution is -2.49. The van der Waals surface area contributed by atoms with Gasteiger partial charge in [-0.3, -0.25) is 9.69 Å². The molecule has 2 saturated carbocycles. The van der Waals surface area contributed by atoms with Crippen LogP contribution in [0.15, 0.2) is 18.2 Å². The Hall–Kier alpha value is -2.31. The van der Waals surface area contributed by atoms with Gasteiger partial charge in [0.2, 0.25) is 0 Å². The lowest BCUT2D eigenvalue weighted by Gasteiger charge is -2.33. The van der Waals surface area contributed by atoms with Gasteiger partial charge in [0.1, 0.15) is 5.75 Å². The molecule has 1 N–H and O–H groups in total. The number of nitrogens with zero attached hydrogens (tertiary/aromatic N) is 2. The second-order valence-corrected chi connectivity index (χ2v) is 14.1. The highest BCUT2D eigenvalue weighted by Crippen LogP contribution is 2.58. The first-order chi connectivity index (χ1) is 19.2. The minimum atomic E-state index is -0.0301. The van der Waals surface area contributed by atoms with E-state index in [1.807, 2.05) is 0 Å². The molecular formula is C34H49N3O3. The number of benzene rings is 1. The highest BCUT2D eigenvalue weighted by Gasteiger charge is 2.49. The van der Waals surface area contributed by atoms with E-state index in [4.69, 9.17) is 9.47 Å². The average Bonchev–Trinajstić information content (AvgIpc) is 3.64. The molecule has 6 heteroatoms. The summed E-state index contributed by atoms with van der Waals surface area (Å²) in [6, 6.07) is 7.17. The van der Waals surface area contributed by atoms with Crippen molar-refractivity contribution in [1.29, 1.82) is 0 Å². The van der Waals surface area contributed by atoms with Gasteiger partial charge in [-0.1, -0.05) is 40.0 Å². The minimum absolute atomic E-state index is 0.0242. The van der Waals surface area contributed by atoms with E-state index in [-0.39, 0.29) is 22.8 Å². The molecule has 0 radical (unpaired) electrons. The van der Waals surface area contributed by atoms with Gasteiger partial charge in [-0.05, 0) is 81.2 Å². The number of hydrogen-bond acceptors (Lipinski definition) is 4. The van der Waals surface area contributed by atoms with E-state index < -0.39 is 0 Å². The van der Waals surface area contributed by atoms with E-state index in [1.165, 1.54) is 67.3 Å². The molecule has 1 spiro atoms. The van der Waals surface area contributed by atoms with E-state index >= 15 is 0 Å². The summed E-state index contributed by atoms with van der Waals surface area (Å²) in [6.45, 7) is 13.8. The van der Waals surface area contributed by atoms with Crippen LogP contribution in [0.1, 0.15) is 99.3 Å². The van der Waals surface area contributed by atoms with Crippen LogP contribution in [0.4, 0.5) is 0 Å². The summed E-state index contributed by atoms with van der Waals surface area (Å²) < 4.78 is 14.5. The van der Waals surface area contributed by atoms with Gasteiger partial charge in [-0.25, -0.2) is 0 Å². The highest BCUT2D eigenvalue weighted by molar-refractivity contribution is 5.97. The minimum Gasteiger partial charge on any atom is -0.493 e. The van der Waals surface area contributed by atoms with Crippen LogP contribution in [0.3, 0.4) is 0 Å². The number of ether oxygens (including phenoxy) is 2. The number of morpholine rings is 1.